The SMILES string of the molecule is C/C=C/c1ccc(-c2ccc(C(C)(C)C)cc2)cc1Oc1cc(C)cc(C)c1. The highest BCUT2D eigenvalue weighted by Gasteiger charge is 2.13. The van der Waals surface area contributed by atoms with E-state index in [4.69, 9.17) is 4.74 Å². The van der Waals surface area contributed by atoms with Gasteiger partial charge in [0.25, 0.3) is 0 Å². The van der Waals surface area contributed by atoms with E-state index in [1.165, 1.54) is 22.3 Å². The summed E-state index contributed by atoms with van der Waals surface area (Å²) in [5.74, 6) is 1.75. The molecule has 28 heavy (non-hydrogen) atoms. The molecule has 0 spiro atoms. The second kappa shape index (κ2) is 8.06. The molecule has 0 heterocycles. The van der Waals surface area contributed by atoms with E-state index < -0.39 is 0 Å². The first-order chi connectivity index (χ1) is 13.3. The van der Waals surface area contributed by atoms with E-state index in [2.05, 4.69) is 101 Å². The minimum Gasteiger partial charge on any atom is -0.457 e. The molecule has 0 aliphatic carbocycles. The number of allylic oxidation sites excluding steroid dienone is 1. The molecule has 0 radical (unpaired) electrons. The van der Waals surface area contributed by atoms with Gasteiger partial charge in [-0.25, -0.2) is 0 Å². The third kappa shape index (κ3) is 4.72. The number of hydrogen-bond donors (Lipinski definition) is 0. The smallest absolute Gasteiger partial charge is 0.135 e. The van der Waals surface area contributed by atoms with Crippen molar-refractivity contribution in [2.24, 2.45) is 0 Å². The predicted octanol–water partition coefficient (Wildman–Crippen LogP) is 8.09. The van der Waals surface area contributed by atoms with Gasteiger partial charge < -0.3 is 4.74 Å². The predicted molar refractivity (Wildman–Crippen MR) is 121 cm³/mol. The lowest BCUT2D eigenvalue weighted by atomic mass is 9.86. The van der Waals surface area contributed by atoms with Gasteiger partial charge in [-0.15, -0.1) is 0 Å². The summed E-state index contributed by atoms with van der Waals surface area (Å²) in [4.78, 5) is 0. The number of rotatable bonds is 4. The number of hydrogen-bond acceptors (Lipinski definition) is 1. The Morgan fingerprint density at radius 1 is 0.750 bits per heavy atom. The maximum atomic E-state index is 6.31. The molecule has 0 fully saturated rings. The highest BCUT2D eigenvalue weighted by molar-refractivity contribution is 5.70. The lowest BCUT2D eigenvalue weighted by Gasteiger charge is -2.19. The molecule has 144 valence electrons. The summed E-state index contributed by atoms with van der Waals surface area (Å²) in [5, 5.41) is 0. The summed E-state index contributed by atoms with van der Waals surface area (Å²) in [6.45, 7) is 12.9. The lowest BCUT2D eigenvalue weighted by Crippen LogP contribution is -2.10. The Balaban J connectivity index is 1.99. The van der Waals surface area contributed by atoms with Crippen LogP contribution < -0.4 is 4.74 Å². The lowest BCUT2D eigenvalue weighted by molar-refractivity contribution is 0.481. The first-order valence-corrected chi connectivity index (χ1v) is 9.90. The van der Waals surface area contributed by atoms with Crippen molar-refractivity contribution >= 4 is 6.08 Å². The summed E-state index contributed by atoms with van der Waals surface area (Å²) in [5.41, 5.74) is 7.35. The van der Waals surface area contributed by atoms with Crippen LogP contribution in [0.1, 0.15) is 49.9 Å². The van der Waals surface area contributed by atoms with E-state index >= 15 is 0 Å². The fourth-order valence-corrected chi connectivity index (χ4v) is 3.40. The third-order valence-electron chi connectivity index (χ3n) is 4.87. The van der Waals surface area contributed by atoms with Crippen molar-refractivity contribution in [1.29, 1.82) is 0 Å². The fraction of sp³-hybridized carbons (Fsp3) is 0.259. The van der Waals surface area contributed by atoms with E-state index in [-0.39, 0.29) is 5.41 Å². The van der Waals surface area contributed by atoms with Gasteiger partial charge in [-0.3, -0.25) is 0 Å². The first kappa shape index (κ1) is 19.9. The normalized spacial score (nSPS) is 11.8. The van der Waals surface area contributed by atoms with Crippen molar-refractivity contribution in [3.8, 4) is 22.6 Å². The van der Waals surface area contributed by atoms with E-state index in [1.807, 2.05) is 13.0 Å². The third-order valence-corrected chi connectivity index (χ3v) is 4.87. The molecule has 0 aliphatic rings. The number of ether oxygens (including phenoxy) is 1. The second-order valence-corrected chi connectivity index (χ2v) is 8.51. The van der Waals surface area contributed by atoms with Crippen molar-refractivity contribution in [2.75, 3.05) is 0 Å². The van der Waals surface area contributed by atoms with E-state index in [0.717, 1.165) is 22.6 Å². The molecule has 0 atom stereocenters. The van der Waals surface area contributed by atoms with Crippen molar-refractivity contribution in [1.82, 2.24) is 0 Å². The van der Waals surface area contributed by atoms with Crippen LogP contribution in [0.4, 0.5) is 0 Å². The summed E-state index contributed by atoms with van der Waals surface area (Å²) in [6.07, 6.45) is 4.13. The van der Waals surface area contributed by atoms with Gasteiger partial charge in [-0.2, -0.15) is 0 Å². The zero-order valence-corrected chi connectivity index (χ0v) is 17.8. The Kier molecular flexibility index (Phi) is 5.74. The quantitative estimate of drug-likeness (QED) is 0.451. The molecule has 0 aliphatic heterocycles. The summed E-state index contributed by atoms with van der Waals surface area (Å²) in [6, 6.07) is 21.6. The Bertz CT molecular complexity index is 966. The van der Waals surface area contributed by atoms with Gasteiger partial charge in [0.1, 0.15) is 11.5 Å². The number of benzene rings is 3. The molecule has 0 saturated carbocycles. The summed E-state index contributed by atoms with van der Waals surface area (Å²) in [7, 11) is 0. The van der Waals surface area contributed by atoms with Crippen molar-refractivity contribution in [3.05, 3.63) is 89.0 Å². The Hall–Kier alpha value is -2.80. The van der Waals surface area contributed by atoms with Crippen molar-refractivity contribution in [3.63, 3.8) is 0 Å². The monoisotopic (exact) mass is 370 g/mol. The van der Waals surface area contributed by atoms with Crippen LogP contribution in [0, 0.1) is 13.8 Å². The Labute approximate surface area is 169 Å². The van der Waals surface area contributed by atoms with E-state index in [0.29, 0.717) is 0 Å². The standard InChI is InChI=1S/C27H30O/c1-7-8-22-9-10-23(21-11-13-24(14-12-21)27(4,5)6)18-26(22)28-25-16-19(2)15-20(3)17-25/h7-18H,1-6H3/b8-7+. The first-order valence-electron chi connectivity index (χ1n) is 9.90. The summed E-state index contributed by atoms with van der Waals surface area (Å²) >= 11 is 0. The van der Waals surface area contributed by atoms with Gasteiger partial charge in [0, 0.05) is 5.56 Å². The maximum Gasteiger partial charge on any atom is 0.135 e. The van der Waals surface area contributed by atoms with Crippen molar-refractivity contribution < 1.29 is 4.74 Å². The molecule has 1 heteroatoms. The molecular weight excluding hydrogens is 340 g/mol. The Morgan fingerprint density at radius 3 is 1.93 bits per heavy atom. The molecule has 0 N–H and O–H groups in total. The molecule has 0 bridgehead atoms. The van der Waals surface area contributed by atoms with Crippen LogP contribution in [0.25, 0.3) is 17.2 Å². The fourth-order valence-electron chi connectivity index (χ4n) is 3.40. The maximum absolute atomic E-state index is 6.31. The zero-order valence-electron chi connectivity index (χ0n) is 17.8. The molecule has 3 rings (SSSR count). The van der Waals surface area contributed by atoms with Crippen LogP contribution in [0.5, 0.6) is 11.5 Å². The molecule has 0 saturated heterocycles. The molecule has 0 amide bonds. The minimum absolute atomic E-state index is 0.158. The van der Waals surface area contributed by atoms with Gasteiger partial charge in [-0.1, -0.05) is 75.4 Å². The minimum atomic E-state index is 0.158. The largest absolute Gasteiger partial charge is 0.457 e. The van der Waals surface area contributed by atoms with Gasteiger partial charge in [0.2, 0.25) is 0 Å². The van der Waals surface area contributed by atoms with Gasteiger partial charge in [0.05, 0.1) is 0 Å². The molecule has 0 unspecified atom stereocenters. The van der Waals surface area contributed by atoms with Gasteiger partial charge in [0.15, 0.2) is 0 Å². The molecule has 3 aromatic rings. The van der Waals surface area contributed by atoms with Crippen LogP contribution >= 0.6 is 0 Å². The summed E-state index contributed by atoms with van der Waals surface area (Å²) < 4.78 is 6.31. The average molecular weight is 371 g/mol. The number of aryl methyl sites for hydroxylation is 2. The molecule has 0 aromatic heterocycles. The molecular formula is C27H30O. The highest BCUT2D eigenvalue weighted by Crippen LogP contribution is 2.33. The molecule has 1 nitrogen and oxygen atoms in total. The van der Waals surface area contributed by atoms with Crippen LogP contribution in [0.2, 0.25) is 0 Å². The average Bonchev–Trinajstić information content (AvgIpc) is 2.62. The van der Waals surface area contributed by atoms with Gasteiger partial charge >= 0.3 is 0 Å². The topological polar surface area (TPSA) is 9.23 Å². The second-order valence-electron chi connectivity index (χ2n) is 8.51. The molecule has 3 aromatic carbocycles. The van der Waals surface area contributed by atoms with Crippen LogP contribution in [-0.2, 0) is 5.41 Å². The van der Waals surface area contributed by atoms with Crippen molar-refractivity contribution in [2.45, 2.75) is 47.0 Å². The van der Waals surface area contributed by atoms with E-state index in [9.17, 15) is 0 Å². The van der Waals surface area contributed by atoms with Crippen LogP contribution in [-0.4, -0.2) is 0 Å². The van der Waals surface area contributed by atoms with Crippen LogP contribution in [0.15, 0.2) is 66.7 Å². The zero-order chi connectivity index (χ0) is 20.3. The van der Waals surface area contributed by atoms with Crippen LogP contribution in [0.3, 0.4) is 0 Å². The Morgan fingerprint density at radius 2 is 1.36 bits per heavy atom. The van der Waals surface area contributed by atoms with Gasteiger partial charge in [-0.05, 0) is 72.2 Å². The van der Waals surface area contributed by atoms with E-state index in [1.54, 1.807) is 0 Å². The highest BCUT2D eigenvalue weighted by atomic mass is 16.5.